The molecule has 0 bridgehead atoms. The van der Waals surface area contributed by atoms with E-state index in [1.54, 1.807) is 0 Å². The minimum Gasteiger partial charge on any atom is -0.381 e. The van der Waals surface area contributed by atoms with E-state index < -0.39 is 0 Å². The molecule has 2 heteroatoms. The fourth-order valence-corrected chi connectivity index (χ4v) is 2.62. The van der Waals surface area contributed by atoms with Crippen LogP contribution in [0.3, 0.4) is 0 Å². The van der Waals surface area contributed by atoms with Gasteiger partial charge < -0.3 is 10.1 Å². The highest BCUT2D eigenvalue weighted by molar-refractivity contribution is 5.17. The topological polar surface area (TPSA) is 21.3 Å². The molecular weight excluding hydrogens is 198 g/mol. The van der Waals surface area contributed by atoms with E-state index in [0.717, 1.165) is 26.2 Å². The summed E-state index contributed by atoms with van der Waals surface area (Å²) in [7, 11) is 2.04. The summed E-state index contributed by atoms with van der Waals surface area (Å²) in [5, 5.41) is 3.34. The van der Waals surface area contributed by atoms with Gasteiger partial charge in [0, 0.05) is 19.8 Å². The molecule has 1 aliphatic heterocycles. The van der Waals surface area contributed by atoms with Crippen molar-refractivity contribution < 1.29 is 4.74 Å². The standard InChI is InChI=1S/C14H21NO/c1-15-12-14(7-9-16-10-8-14)11-13-5-3-2-4-6-13/h2-6,15H,7-12H2,1H3. The minimum atomic E-state index is 0.397. The number of hydrogen-bond acceptors (Lipinski definition) is 2. The van der Waals surface area contributed by atoms with Gasteiger partial charge in [0.25, 0.3) is 0 Å². The minimum absolute atomic E-state index is 0.397. The van der Waals surface area contributed by atoms with Crippen LogP contribution in [0, 0.1) is 5.41 Å². The van der Waals surface area contributed by atoms with Crippen LogP contribution in [-0.2, 0) is 11.2 Å². The smallest absolute Gasteiger partial charge is 0.0471 e. The highest BCUT2D eigenvalue weighted by atomic mass is 16.5. The predicted molar refractivity (Wildman–Crippen MR) is 66.6 cm³/mol. The first-order valence-corrected chi connectivity index (χ1v) is 6.11. The Morgan fingerprint density at radius 3 is 2.50 bits per heavy atom. The predicted octanol–water partition coefficient (Wildman–Crippen LogP) is 2.25. The zero-order valence-electron chi connectivity index (χ0n) is 10.0. The van der Waals surface area contributed by atoms with Crippen molar-refractivity contribution in [3.05, 3.63) is 35.9 Å². The monoisotopic (exact) mass is 219 g/mol. The van der Waals surface area contributed by atoms with Gasteiger partial charge in [-0.15, -0.1) is 0 Å². The molecule has 1 N–H and O–H groups in total. The fourth-order valence-electron chi connectivity index (χ4n) is 2.62. The second kappa shape index (κ2) is 5.46. The molecule has 0 unspecified atom stereocenters. The van der Waals surface area contributed by atoms with Gasteiger partial charge in [-0.05, 0) is 37.3 Å². The summed E-state index contributed by atoms with van der Waals surface area (Å²) in [6.07, 6.45) is 3.50. The molecule has 1 saturated heterocycles. The summed E-state index contributed by atoms with van der Waals surface area (Å²) in [6, 6.07) is 10.8. The molecule has 1 heterocycles. The Bertz CT molecular complexity index is 298. The Kier molecular flexibility index (Phi) is 3.97. The van der Waals surface area contributed by atoms with E-state index in [-0.39, 0.29) is 0 Å². The molecule has 88 valence electrons. The third-order valence-corrected chi connectivity index (χ3v) is 3.53. The molecule has 0 amide bonds. The second-order valence-electron chi connectivity index (χ2n) is 4.81. The molecule has 1 aromatic rings. The van der Waals surface area contributed by atoms with Gasteiger partial charge in [-0.25, -0.2) is 0 Å². The molecule has 2 nitrogen and oxygen atoms in total. The SMILES string of the molecule is CNCC1(Cc2ccccc2)CCOCC1. The Labute approximate surface area is 98.0 Å². The van der Waals surface area contributed by atoms with Gasteiger partial charge >= 0.3 is 0 Å². The molecule has 0 aromatic heterocycles. The normalized spacial score (nSPS) is 19.6. The van der Waals surface area contributed by atoms with Gasteiger partial charge in [0.1, 0.15) is 0 Å². The van der Waals surface area contributed by atoms with E-state index in [4.69, 9.17) is 4.74 Å². The molecule has 1 fully saturated rings. The number of rotatable bonds is 4. The maximum Gasteiger partial charge on any atom is 0.0471 e. The lowest BCUT2D eigenvalue weighted by Gasteiger charge is -2.37. The zero-order valence-corrected chi connectivity index (χ0v) is 10.0. The van der Waals surface area contributed by atoms with Crippen molar-refractivity contribution >= 4 is 0 Å². The maximum absolute atomic E-state index is 5.48. The summed E-state index contributed by atoms with van der Waals surface area (Å²) < 4.78 is 5.48. The van der Waals surface area contributed by atoms with E-state index in [0.29, 0.717) is 5.41 Å². The second-order valence-corrected chi connectivity index (χ2v) is 4.81. The first kappa shape index (κ1) is 11.6. The van der Waals surface area contributed by atoms with Crippen LogP contribution >= 0.6 is 0 Å². The fraction of sp³-hybridized carbons (Fsp3) is 0.571. The van der Waals surface area contributed by atoms with Crippen LogP contribution in [0.25, 0.3) is 0 Å². The average molecular weight is 219 g/mol. The van der Waals surface area contributed by atoms with Crippen molar-refractivity contribution in [1.82, 2.24) is 5.32 Å². The number of ether oxygens (including phenoxy) is 1. The molecule has 0 saturated carbocycles. The Morgan fingerprint density at radius 2 is 1.88 bits per heavy atom. The molecule has 0 aliphatic carbocycles. The quantitative estimate of drug-likeness (QED) is 0.838. The van der Waals surface area contributed by atoms with Crippen LogP contribution in [0.4, 0.5) is 0 Å². The zero-order chi connectivity index (χ0) is 11.3. The van der Waals surface area contributed by atoms with Crippen molar-refractivity contribution in [2.24, 2.45) is 5.41 Å². The number of nitrogens with one attached hydrogen (secondary N) is 1. The molecule has 2 rings (SSSR count). The van der Waals surface area contributed by atoms with Gasteiger partial charge in [0.15, 0.2) is 0 Å². The molecular formula is C14H21NO. The molecule has 16 heavy (non-hydrogen) atoms. The van der Waals surface area contributed by atoms with Gasteiger partial charge in [0.2, 0.25) is 0 Å². The van der Waals surface area contributed by atoms with Gasteiger partial charge in [-0.2, -0.15) is 0 Å². The summed E-state index contributed by atoms with van der Waals surface area (Å²) >= 11 is 0. The Balaban J connectivity index is 2.07. The summed E-state index contributed by atoms with van der Waals surface area (Å²) in [5.74, 6) is 0. The average Bonchev–Trinajstić information content (AvgIpc) is 2.31. The summed E-state index contributed by atoms with van der Waals surface area (Å²) in [6.45, 7) is 2.91. The lowest BCUT2D eigenvalue weighted by atomic mass is 9.75. The molecule has 1 aliphatic rings. The van der Waals surface area contributed by atoms with Crippen LogP contribution in [0.5, 0.6) is 0 Å². The molecule has 0 spiro atoms. The van der Waals surface area contributed by atoms with Gasteiger partial charge in [-0.1, -0.05) is 30.3 Å². The maximum atomic E-state index is 5.48. The summed E-state index contributed by atoms with van der Waals surface area (Å²) in [4.78, 5) is 0. The van der Waals surface area contributed by atoms with Crippen LogP contribution in [0.2, 0.25) is 0 Å². The van der Waals surface area contributed by atoms with E-state index in [2.05, 4.69) is 35.6 Å². The van der Waals surface area contributed by atoms with E-state index in [1.807, 2.05) is 7.05 Å². The highest BCUT2D eigenvalue weighted by Gasteiger charge is 2.31. The third-order valence-electron chi connectivity index (χ3n) is 3.53. The number of benzene rings is 1. The Morgan fingerprint density at radius 1 is 1.19 bits per heavy atom. The van der Waals surface area contributed by atoms with Crippen molar-refractivity contribution in [1.29, 1.82) is 0 Å². The van der Waals surface area contributed by atoms with Gasteiger partial charge in [0.05, 0.1) is 0 Å². The van der Waals surface area contributed by atoms with Crippen molar-refractivity contribution in [2.75, 3.05) is 26.8 Å². The lowest BCUT2D eigenvalue weighted by molar-refractivity contribution is 0.0158. The lowest BCUT2D eigenvalue weighted by Crippen LogP contribution is -2.39. The van der Waals surface area contributed by atoms with Crippen molar-refractivity contribution in [2.45, 2.75) is 19.3 Å². The molecule has 1 aromatic carbocycles. The highest BCUT2D eigenvalue weighted by Crippen LogP contribution is 2.33. The largest absolute Gasteiger partial charge is 0.381 e. The van der Waals surface area contributed by atoms with E-state index in [9.17, 15) is 0 Å². The van der Waals surface area contributed by atoms with Crippen molar-refractivity contribution in [3.63, 3.8) is 0 Å². The third kappa shape index (κ3) is 2.83. The molecule has 0 radical (unpaired) electrons. The van der Waals surface area contributed by atoms with Crippen LogP contribution < -0.4 is 5.32 Å². The number of hydrogen-bond donors (Lipinski definition) is 1. The molecule has 0 atom stereocenters. The van der Waals surface area contributed by atoms with Crippen LogP contribution in [0.1, 0.15) is 18.4 Å². The first-order valence-electron chi connectivity index (χ1n) is 6.11. The summed E-state index contributed by atoms with van der Waals surface area (Å²) in [5.41, 5.74) is 1.84. The van der Waals surface area contributed by atoms with Crippen molar-refractivity contribution in [3.8, 4) is 0 Å². The first-order chi connectivity index (χ1) is 7.85. The van der Waals surface area contributed by atoms with Crippen LogP contribution in [0.15, 0.2) is 30.3 Å². The van der Waals surface area contributed by atoms with E-state index in [1.165, 1.54) is 18.4 Å². The van der Waals surface area contributed by atoms with Crippen LogP contribution in [-0.4, -0.2) is 26.8 Å². The van der Waals surface area contributed by atoms with Gasteiger partial charge in [-0.3, -0.25) is 0 Å². The van der Waals surface area contributed by atoms with E-state index >= 15 is 0 Å². The Hall–Kier alpha value is -0.860.